The molecule has 1 saturated carbocycles. The molecule has 2 aromatic carbocycles. The number of aromatic nitrogens is 2. The molecule has 2 amide bonds. The van der Waals surface area contributed by atoms with Crippen molar-refractivity contribution in [3.8, 4) is 11.1 Å². The highest BCUT2D eigenvalue weighted by Crippen LogP contribution is 2.44. The largest absolute Gasteiger partial charge is 0.481 e. The number of ether oxygens (including phenoxy) is 1. The van der Waals surface area contributed by atoms with E-state index in [1.54, 1.807) is 7.05 Å². The molecule has 0 spiro atoms. The van der Waals surface area contributed by atoms with E-state index in [4.69, 9.17) is 9.84 Å². The van der Waals surface area contributed by atoms with Crippen LogP contribution < -0.4 is 5.32 Å². The van der Waals surface area contributed by atoms with Crippen LogP contribution in [0.25, 0.3) is 11.1 Å². The third kappa shape index (κ3) is 3.76. The lowest BCUT2D eigenvalue weighted by atomic mass is 9.79. The fourth-order valence-corrected chi connectivity index (χ4v) is 4.58. The summed E-state index contributed by atoms with van der Waals surface area (Å²) in [5, 5.41) is 18.7. The minimum Gasteiger partial charge on any atom is -0.481 e. The predicted molar refractivity (Wildman–Crippen MR) is 119 cm³/mol. The number of nitrogens with one attached hydrogen (secondary N) is 1. The number of anilines is 1. The highest BCUT2D eigenvalue weighted by molar-refractivity contribution is 5.99. The number of hydrogen-bond acceptors (Lipinski definition) is 7. The Kier molecular flexibility index (Phi) is 5.48. The molecule has 3 aromatic rings. The smallest absolute Gasteiger partial charge is 0.412 e. The van der Waals surface area contributed by atoms with Gasteiger partial charge in [0.25, 0.3) is 5.91 Å². The number of carboxylic acids is 1. The average Bonchev–Trinajstić information content (AvgIpc) is 3.38. The maximum Gasteiger partial charge on any atom is 0.412 e. The number of hydrogen-bond donors (Lipinski definition) is 2. The fourth-order valence-electron chi connectivity index (χ4n) is 4.58. The third-order valence-corrected chi connectivity index (χ3v) is 6.59. The highest BCUT2D eigenvalue weighted by atomic mass is 16.6. The number of carboxylic acid groups (broad SMARTS) is 1. The molecule has 0 unspecified atom stereocenters. The highest BCUT2D eigenvalue weighted by Gasteiger charge is 2.40. The van der Waals surface area contributed by atoms with E-state index < -0.39 is 23.9 Å². The van der Waals surface area contributed by atoms with Crippen molar-refractivity contribution in [2.75, 3.05) is 19.0 Å². The number of carbonyl (C=O) groups excluding carboxylic acids is 2. The first-order valence-electron chi connectivity index (χ1n) is 10.9. The molecule has 0 atom stereocenters. The monoisotopic (exact) mass is 462 g/mol. The molecule has 1 heterocycles. The van der Waals surface area contributed by atoms with Crippen molar-refractivity contribution in [3.05, 3.63) is 65.4 Å². The average molecular weight is 462 g/mol. The van der Waals surface area contributed by atoms with Crippen LogP contribution in [0.5, 0.6) is 0 Å². The summed E-state index contributed by atoms with van der Waals surface area (Å²) >= 11 is 0. The quantitative estimate of drug-likeness (QED) is 0.569. The van der Waals surface area contributed by atoms with E-state index in [1.165, 1.54) is 4.90 Å². The van der Waals surface area contributed by atoms with Gasteiger partial charge in [-0.25, -0.2) is 9.42 Å². The fraction of sp³-hybridized carbons (Fsp3) is 0.292. The maximum absolute atomic E-state index is 12.8. The van der Waals surface area contributed by atoms with Gasteiger partial charge in [0.1, 0.15) is 6.61 Å². The van der Waals surface area contributed by atoms with Gasteiger partial charge in [-0.05, 0) is 45.4 Å². The molecule has 34 heavy (non-hydrogen) atoms. The lowest BCUT2D eigenvalue weighted by Crippen LogP contribution is -2.47. The van der Waals surface area contributed by atoms with Gasteiger partial charge in [-0.1, -0.05) is 48.5 Å². The second kappa shape index (κ2) is 8.62. The lowest BCUT2D eigenvalue weighted by molar-refractivity contribution is -0.146. The molecule has 10 nitrogen and oxygen atoms in total. The first-order chi connectivity index (χ1) is 16.4. The minimum atomic E-state index is -0.877. The van der Waals surface area contributed by atoms with Crippen molar-refractivity contribution < 1.29 is 28.9 Å². The zero-order valence-corrected chi connectivity index (χ0v) is 18.3. The number of nitrogens with zero attached hydrogens (tertiary/aromatic N) is 3. The predicted octanol–water partition coefficient (Wildman–Crippen LogP) is 3.37. The summed E-state index contributed by atoms with van der Waals surface area (Å²) in [5.41, 5.74) is 4.22. The van der Waals surface area contributed by atoms with Gasteiger partial charge in [-0.15, -0.1) is 0 Å². The van der Waals surface area contributed by atoms with Crippen LogP contribution in [0.1, 0.15) is 40.4 Å². The Bertz CT molecular complexity index is 1220. The van der Waals surface area contributed by atoms with E-state index in [2.05, 4.69) is 20.3 Å². The van der Waals surface area contributed by atoms with E-state index in [1.807, 2.05) is 48.5 Å². The molecular weight excluding hydrogens is 440 g/mol. The van der Waals surface area contributed by atoms with E-state index in [-0.39, 0.29) is 30.1 Å². The molecule has 2 N–H and O–H groups in total. The van der Waals surface area contributed by atoms with Crippen LogP contribution in [0.2, 0.25) is 0 Å². The number of fused-ring (bicyclic) bond motifs is 3. The van der Waals surface area contributed by atoms with Crippen molar-refractivity contribution in [3.63, 3.8) is 0 Å². The molecule has 1 fully saturated rings. The molecule has 0 bridgehead atoms. The Morgan fingerprint density at radius 2 is 1.68 bits per heavy atom. The molecule has 0 saturated heterocycles. The number of amides is 2. The third-order valence-electron chi connectivity index (χ3n) is 6.59. The van der Waals surface area contributed by atoms with Crippen molar-refractivity contribution in [2.24, 2.45) is 5.92 Å². The van der Waals surface area contributed by atoms with Crippen molar-refractivity contribution in [1.82, 2.24) is 15.2 Å². The zero-order chi connectivity index (χ0) is 23.8. The van der Waals surface area contributed by atoms with E-state index in [0.29, 0.717) is 12.8 Å². The summed E-state index contributed by atoms with van der Waals surface area (Å²) in [6, 6.07) is 15.8. The molecule has 0 aliphatic heterocycles. The van der Waals surface area contributed by atoms with Crippen molar-refractivity contribution >= 4 is 23.8 Å². The van der Waals surface area contributed by atoms with Crippen LogP contribution in [0.15, 0.2) is 53.2 Å². The summed E-state index contributed by atoms with van der Waals surface area (Å²) in [6.45, 7) is 0.104. The molecule has 174 valence electrons. The van der Waals surface area contributed by atoms with E-state index in [0.717, 1.165) is 22.3 Å². The van der Waals surface area contributed by atoms with Gasteiger partial charge in [0, 0.05) is 19.0 Å². The van der Waals surface area contributed by atoms with Crippen LogP contribution >= 0.6 is 0 Å². The van der Waals surface area contributed by atoms with Gasteiger partial charge in [0.05, 0.1) is 5.92 Å². The molecule has 2 aliphatic carbocycles. The lowest BCUT2D eigenvalue weighted by Gasteiger charge is -2.38. The summed E-state index contributed by atoms with van der Waals surface area (Å²) in [4.78, 5) is 37.7. The molecule has 5 rings (SSSR count). The van der Waals surface area contributed by atoms with Gasteiger partial charge >= 0.3 is 12.1 Å². The molecule has 2 aliphatic rings. The molecule has 1 aromatic heterocycles. The number of carbonyl (C=O) groups is 3. The molecule has 0 radical (unpaired) electrons. The molecular formula is C24H22N4O6. The Hall–Kier alpha value is -4.21. The second-order valence-electron chi connectivity index (χ2n) is 8.49. The second-order valence-corrected chi connectivity index (χ2v) is 8.49. The van der Waals surface area contributed by atoms with Gasteiger partial charge < -0.3 is 14.7 Å². The minimum absolute atomic E-state index is 0.104. The SMILES string of the molecule is CN(C(=O)c1nonc1NC(=O)OCC1c2ccccc2-c2ccccc21)C1CC(C(=O)O)C1. The Balaban J connectivity index is 1.23. The summed E-state index contributed by atoms with van der Waals surface area (Å²) < 4.78 is 10.1. The van der Waals surface area contributed by atoms with Gasteiger partial charge in [-0.2, -0.15) is 0 Å². The standard InChI is InChI=1S/C24H22N4O6/c1-28(14-10-13(11-14)23(30)31)22(29)20-21(27-34-26-20)25-24(32)33-12-19-17-8-4-2-6-15(17)16-7-3-5-9-18(16)19/h2-9,13-14,19H,10-12H2,1H3,(H,30,31)(H,25,27,32). The number of rotatable bonds is 6. The van der Waals surface area contributed by atoms with Gasteiger partial charge in [-0.3, -0.25) is 14.9 Å². The Morgan fingerprint density at radius 3 is 2.29 bits per heavy atom. The van der Waals surface area contributed by atoms with Crippen molar-refractivity contribution in [1.29, 1.82) is 0 Å². The topological polar surface area (TPSA) is 135 Å². The van der Waals surface area contributed by atoms with E-state index in [9.17, 15) is 14.4 Å². The van der Waals surface area contributed by atoms with Gasteiger partial charge in [0.2, 0.25) is 11.5 Å². The first kappa shape index (κ1) is 21.6. The molecule has 10 heteroatoms. The number of aliphatic carboxylic acids is 1. The van der Waals surface area contributed by atoms with Crippen LogP contribution in [0.4, 0.5) is 10.6 Å². The zero-order valence-electron chi connectivity index (χ0n) is 18.3. The van der Waals surface area contributed by atoms with Crippen molar-refractivity contribution in [2.45, 2.75) is 24.8 Å². The summed E-state index contributed by atoms with van der Waals surface area (Å²) in [5.74, 6) is -2.12. The van der Waals surface area contributed by atoms with Crippen LogP contribution in [-0.4, -0.2) is 58.0 Å². The summed E-state index contributed by atoms with van der Waals surface area (Å²) in [7, 11) is 1.55. The van der Waals surface area contributed by atoms with E-state index >= 15 is 0 Å². The Morgan fingerprint density at radius 1 is 1.06 bits per heavy atom. The normalized spacial score (nSPS) is 18.4. The first-order valence-corrected chi connectivity index (χ1v) is 10.9. The van der Waals surface area contributed by atoms with Crippen LogP contribution in [0, 0.1) is 5.92 Å². The summed E-state index contributed by atoms with van der Waals surface area (Å²) in [6.07, 6.45) is -0.0699. The van der Waals surface area contributed by atoms with Gasteiger partial charge in [0.15, 0.2) is 0 Å². The van der Waals surface area contributed by atoms with Crippen LogP contribution in [-0.2, 0) is 9.53 Å². The maximum atomic E-state index is 12.8. The van der Waals surface area contributed by atoms with Crippen LogP contribution in [0.3, 0.4) is 0 Å². The Labute approximate surface area is 194 Å². The number of benzene rings is 2.